The van der Waals surface area contributed by atoms with Crippen LogP contribution in [0, 0.1) is 28.1 Å². The summed E-state index contributed by atoms with van der Waals surface area (Å²) in [4.78, 5) is 11.2. The predicted molar refractivity (Wildman–Crippen MR) is 98.8 cm³/mol. The summed E-state index contributed by atoms with van der Waals surface area (Å²) in [6.45, 7) is 11.4. The summed E-state index contributed by atoms with van der Waals surface area (Å²) in [5.74, 6) is 0.632. The van der Waals surface area contributed by atoms with Gasteiger partial charge in [0.05, 0.1) is 0 Å². The third-order valence-electron chi connectivity index (χ3n) is 8.05. The monoisotopic (exact) mass is 330 g/mol. The van der Waals surface area contributed by atoms with Crippen molar-refractivity contribution in [3.63, 3.8) is 0 Å². The van der Waals surface area contributed by atoms with Crippen LogP contribution in [0.2, 0.25) is 0 Å². The second kappa shape index (κ2) is 6.04. The predicted octanol–water partition coefficient (Wildman–Crippen LogP) is 5.99. The maximum absolute atomic E-state index is 11.2. The molecule has 0 spiro atoms. The van der Waals surface area contributed by atoms with E-state index in [0.29, 0.717) is 18.3 Å². The van der Waals surface area contributed by atoms with Crippen molar-refractivity contribution in [1.82, 2.24) is 0 Å². The largest absolute Gasteiger partial charge is 0.481 e. The van der Waals surface area contributed by atoms with E-state index in [-0.39, 0.29) is 16.2 Å². The summed E-state index contributed by atoms with van der Waals surface area (Å²) in [5, 5.41) is 9.18. The maximum atomic E-state index is 11.2. The number of aliphatic carboxylic acids is 1. The zero-order valence-electron chi connectivity index (χ0n) is 15.7. The summed E-state index contributed by atoms with van der Waals surface area (Å²) in [6, 6.07) is 0. The zero-order chi connectivity index (χ0) is 17.6. The molecule has 24 heavy (non-hydrogen) atoms. The molecule has 0 radical (unpaired) electrons. The Hall–Kier alpha value is -1.05. The van der Waals surface area contributed by atoms with Gasteiger partial charge in [-0.25, -0.2) is 0 Å². The highest BCUT2D eigenvalue weighted by atomic mass is 16.4. The van der Waals surface area contributed by atoms with Gasteiger partial charge in [-0.1, -0.05) is 44.9 Å². The Kier molecular flexibility index (Phi) is 4.47. The van der Waals surface area contributed by atoms with Crippen LogP contribution in [0.25, 0.3) is 0 Å². The molecule has 2 heteroatoms. The molecule has 2 fully saturated rings. The first-order valence-corrected chi connectivity index (χ1v) is 9.81. The smallest absolute Gasteiger partial charge is 0.303 e. The molecule has 0 saturated heterocycles. The van der Waals surface area contributed by atoms with Crippen molar-refractivity contribution in [2.45, 2.75) is 78.6 Å². The molecule has 0 bridgehead atoms. The van der Waals surface area contributed by atoms with E-state index in [0.717, 1.165) is 6.42 Å². The lowest BCUT2D eigenvalue weighted by Gasteiger charge is -2.61. The molecular weight excluding hydrogens is 296 g/mol. The maximum Gasteiger partial charge on any atom is 0.303 e. The summed E-state index contributed by atoms with van der Waals surface area (Å²) < 4.78 is 0. The Bertz CT molecular complexity index is 562. The molecule has 0 aromatic carbocycles. The van der Waals surface area contributed by atoms with Gasteiger partial charge in [0.2, 0.25) is 0 Å². The van der Waals surface area contributed by atoms with Gasteiger partial charge >= 0.3 is 5.97 Å². The van der Waals surface area contributed by atoms with Crippen LogP contribution in [-0.2, 0) is 4.79 Å². The minimum Gasteiger partial charge on any atom is -0.481 e. The topological polar surface area (TPSA) is 37.3 Å². The molecule has 134 valence electrons. The number of hydrogen-bond acceptors (Lipinski definition) is 1. The van der Waals surface area contributed by atoms with Gasteiger partial charge in [0.25, 0.3) is 0 Å². The van der Waals surface area contributed by atoms with Crippen LogP contribution in [0.1, 0.15) is 78.6 Å². The number of carbonyl (C=O) groups is 1. The fourth-order valence-electron chi connectivity index (χ4n) is 6.59. The third kappa shape index (κ3) is 2.66. The van der Waals surface area contributed by atoms with Gasteiger partial charge in [0, 0.05) is 6.42 Å². The van der Waals surface area contributed by atoms with Gasteiger partial charge in [0.15, 0.2) is 0 Å². The molecule has 1 N–H and O–H groups in total. The Balaban J connectivity index is 1.93. The van der Waals surface area contributed by atoms with E-state index in [4.69, 9.17) is 0 Å². The molecule has 5 atom stereocenters. The summed E-state index contributed by atoms with van der Waals surface area (Å²) >= 11 is 0. The lowest BCUT2D eigenvalue weighted by Crippen LogP contribution is -2.51. The van der Waals surface area contributed by atoms with Crippen molar-refractivity contribution in [1.29, 1.82) is 0 Å². The summed E-state index contributed by atoms with van der Waals surface area (Å²) in [7, 11) is 0. The average Bonchev–Trinajstić information content (AvgIpc) is 2.54. The van der Waals surface area contributed by atoms with Crippen LogP contribution in [0.3, 0.4) is 0 Å². The Morgan fingerprint density at radius 1 is 1.29 bits per heavy atom. The van der Waals surface area contributed by atoms with Crippen LogP contribution in [0.15, 0.2) is 24.3 Å². The van der Waals surface area contributed by atoms with Crippen LogP contribution in [0.4, 0.5) is 0 Å². The number of carboxylic acids is 1. The number of rotatable bonds is 4. The van der Waals surface area contributed by atoms with Crippen LogP contribution >= 0.6 is 0 Å². The number of carboxylic acid groups (broad SMARTS) is 1. The molecular formula is C22H34O2. The first-order valence-electron chi connectivity index (χ1n) is 9.81. The van der Waals surface area contributed by atoms with E-state index < -0.39 is 5.97 Å². The van der Waals surface area contributed by atoms with E-state index in [9.17, 15) is 9.90 Å². The first-order chi connectivity index (χ1) is 11.3. The van der Waals surface area contributed by atoms with Gasteiger partial charge < -0.3 is 5.11 Å². The minimum atomic E-state index is -0.645. The number of hydrogen-bond donors (Lipinski definition) is 1. The van der Waals surface area contributed by atoms with Gasteiger partial charge in [-0.3, -0.25) is 4.79 Å². The van der Waals surface area contributed by atoms with E-state index in [1.54, 1.807) is 5.57 Å². The van der Waals surface area contributed by atoms with E-state index >= 15 is 0 Å². The molecule has 3 aliphatic carbocycles. The van der Waals surface area contributed by atoms with E-state index in [1.165, 1.54) is 44.9 Å². The summed E-state index contributed by atoms with van der Waals surface area (Å²) in [6.07, 6.45) is 14.5. The van der Waals surface area contributed by atoms with Crippen LogP contribution in [-0.4, -0.2) is 11.1 Å². The van der Waals surface area contributed by atoms with Crippen molar-refractivity contribution >= 4 is 5.97 Å². The third-order valence-corrected chi connectivity index (χ3v) is 8.05. The van der Waals surface area contributed by atoms with Crippen molar-refractivity contribution < 1.29 is 9.90 Å². The average molecular weight is 331 g/mol. The molecule has 2 nitrogen and oxygen atoms in total. The SMILES string of the molecule is C=C[C@@]1(C)CCC=C2C1CCC1[C@](C)(CCC(=O)O)CCC[C@@]21C. The number of allylic oxidation sites excluding steroid dienone is 3. The quantitative estimate of drug-likeness (QED) is 0.643. The van der Waals surface area contributed by atoms with Gasteiger partial charge in [-0.2, -0.15) is 0 Å². The summed E-state index contributed by atoms with van der Waals surface area (Å²) in [5.41, 5.74) is 2.37. The highest BCUT2D eigenvalue weighted by Gasteiger charge is 2.56. The van der Waals surface area contributed by atoms with Gasteiger partial charge in [-0.05, 0) is 73.0 Å². The zero-order valence-corrected chi connectivity index (χ0v) is 15.7. The van der Waals surface area contributed by atoms with Gasteiger partial charge in [-0.15, -0.1) is 6.58 Å². The Morgan fingerprint density at radius 2 is 2.04 bits per heavy atom. The number of fused-ring (bicyclic) bond motifs is 3. The Labute approximate surface area is 147 Å². The first kappa shape index (κ1) is 17.8. The molecule has 0 heterocycles. The van der Waals surface area contributed by atoms with Crippen molar-refractivity contribution in [2.24, 2.45) is 28.1 Å². The Morgan fingerprint density at radius 3 is 2.71 bits per heavy atom. The van der Waals surface area contributed by atoms with Gasteiger partial charge in [0.1, 0.15) is 0 Å². The molecule has 0 aliphatic heterocycles. The fourth-order valence-corrected chi connectivity index (χ4v) is 6.59. The van der Waals surface area contributed by atoms with Crippen molar-refractivity contribution in [2.75, 3.05) is 0 Å². The molecule has 2 unspecified atom stereocenters. The molecule has 0 aromatic heterocycles. The highest BCUT2D eigenvalue weighted by molar-refractivity contribution is 5.66. The molecule has 0 aromatic rings. The van der Waals surface area contributed by atoms with E-state index in [2.05, 4.69) is 39.5 Å². The lowest BCUT2D eigenvalue weighted by molar-refractivity contribution is -0.138. The minimum absolute atomic E-state index is 0.180. The highest BCUT2D eigenvalue weighted by Crippen LogP contribution is 2.65. The molecule has 3 rings (SSSR count). The molecule has 0 amide bonds. The molecule has 2 saturated carbocycles. The van der Waals surface area contributed by atoms with E-state index in [1.807, 2.05) is 0 Å². The second-order valence-electron chi connectivity index (χ2n) is 9.41. The van der Waals surface area contributed by atoms with Crippen LogP contribution in [0.5, 0.6) is 0 Å². The normalized spacial score (nSPS) is 44.9. The van der Waals surface area contributed by atoms with Crippen molar-refractivity contribution in [3.05, 3.63) is 24.3 Å². The second-order valence-corrected chi connectivity index (χ2v) is 9.41. The molecule has 3 aliphatic rings. The van der Waals surface area contributed by atoms with Crippen LogP contribution < -0.4 is 0 Å². The standard InChI is InChI=1S/C22H34O2/c1-5-20(2)12-6-8-17-16(20)9-10-18-21(3,15-11-19(23)24)13-7-14-22(17,18)4/h5,8,16,18H,1,6-7,9-15H2,2-4H3,(H,23,24)/t16?,18?,20-,21-,22-/m0/s1. The van der Waals surface area contributed by atoms with Crippen molar-refractivity contribution in [3.8, 4) is 0 Å². The lowest BCUT2D eigenvalue weighted by atomic mass is 9.44. The fraction of sp³-hybridized carbons (Fsp3) is 0.773.